The maximum absolute atomic E-state index is 11.1. The zero-order valence-electron chi connectivity index (χ0n) is 10.1. The van der Waals surface area contributed by atoms with Crippen LogP contribution in [0.2, 0.25) is 0 Å². The number of carboxylic acid groups (broad SMARTS) is 1. The molecule has 6 nitrogen and oxygen atoms in total. The third-order valence-electron chi connectivity index (χ3n) is 2.27. The Morgan fingerprint density at radius 2 is 1.94 bits per heavy atom. The summed E-state index contributed by atoms with van der Waals surface area (Å²) in [6, 6.07) is 0. The maximum Gasteiger partial charge on any atom is 0.331 e. The molecule has 96 valence electrons. The van der Waals surface area contributed by atoms with E-state index in [1.807, 2.05) is 0 Å². The van der Waals surface area contributed by atoms with Gasteiger partial charge in [0.15, 0.2) is 11.3 Å². The molecule has 6 heteroatoms. The fraction of sp³-hybridized carbons (Fsp3) is 0.545. The van der Waals surface area contributed by atoms with Crippen molar-refractivity contribution < 1.29 is 14.7 Å². The van der Waals surface area contributed by atoms with Crippen LogP contribution in [-0.2, 0) is 9.59 Å². The minimum atomic E-state index is -1.83. The molecule has 0 rings (SSSR count). The van der Waals surface area contributed by atoms with Crippen LogP contribution in [0.15, 0.2) is 17.1 Å². The molecule has 0 bridgehead atoms. The highest BCUT2D eigenvalue weighted by Crippen LogP contribution is 2.10. The lowest BCUT2D eigenvalue weighted by molar-refractivity contribution is -0.147. The van der Waals surface area contributed by atoms with Crippen LogP contribution in [0.3, 0.4) is 0 Å². The molecule has 0 aromatic carbocycles. The standard InChI is InChI=1S/C11H19N3O3/c1-8(15)11(13,10(16)17)6-4-3-5-7-14-9(2)12/h3-4H,5-7,13H2,1-2H3,(H2,12,14)(H,16,17)/b4-3-. The van der Waals surface area contributed by atoms with Crippen LogP contribution in [0, 0.1) is 0 Å². The summed E-state index contributed by atoms with van der Waals surface area (Å²) in [5, 5.41) is 8.86. The molecule has 0 aromatic heterocycles. The lowest BCUT2D eigenvalue weighted by Crippen LogP contribution is -2.53. The van der Waals surface area contributed by atoms with E-state index in [-0.39, 0.29) is 6.42 Å². The highest BCUT2D eigenvalue weighted by molar-refractivity contribution is 6.06. The lowest BCUT2D eigenvalue weighted by Gasteiger charge is -2.19. The molecule has 0 spiro atoms. The number of nitrogens with zero attached hydrogens (tertiary/aromatic N) is 1. The smallest absolute Gasteiger partial charge is 0.331 e. The summed E-state index contributed by atoms with van der Waals surface area (Å²) in [6.45, 7) is 3.39. The van der Waals surface area contributed by atoms with Gasteiger partial charge >= 0.3 is 5.97 Å². The number of aliphatic imine (C=N–C) groups is 1. The second-order valence-electron chi connectivity index (χ2n) is 3.82. The minimum absolute atomic E-state index is 0.0248. The van der Waals surface area contributed by atoms with Crippen molar-refractivity contribution in [3.05, 3.63) is 12.2 Å². The monoisotopic (exact) mass is 241 g/mol. The van der Waals surface area contributed by atoms with Crippen molar-refractivity contribution in [1.82, 2.24) is 0 Å². The van der Waals surface area contributed by atoms with Crippen LogP contribution >= 0.6 is 0 Å². The fourth-order valence-corrected chi connectivity index (χ4v) is 1.08. The molecule has 0 radical (unpaired) electrons. The molecule has 0 aromatic rings. The summed E-state index contributed by atoms with van der Waals surface area (Å²) < 4.78 is 0. The molecule has 0 saturated carbocycles. The van der Waals surface area contributed by atoms with E-state index < -0.39 is 17.3 Å². The van der Waals surface area contributed by atoms with Gasteiger partial charge in [0.25, 0.3) is 0 Å². The van der Waals surface area contributed by atoms with Gasteiger partial charge in [-0.15, -0.1) is 0 Å². The Labute approximate surface area is 100 Å². The first-order chi connectivity index (χ1) is 7.80. The number of nitrogens with two attached hydrogens (primary N) is 2. The molecule has 5 N–H and O–H groups in total. The number of amidine groups is 1. The van der Waals surface area contributed by atoms with Crippen molar-refractivity contribution in [2.75, 3.05) is 6.54 Å². The Bertz CT molecular complexity index is 330. The number of aliphatic carboxylic acids is 1. The summed E-state index contributed by atoms with van der Waals surface area (Å²) in [6.07, 6.45) is 3.92. The van der Waals surface area contributed by atoms with E-state index in [4.69, 9.17) is 16.6 Å². The molecule has 0 heterocycles. The van der Waals surface area contributed by atoms with E-state index in [1.54, 1.807) is 19.1 Å². The second kappa shape index (κ2) is 6.80. The molecule has 17 heavy (non-hydrogen) atoms. The van der Waals surface area contributed by atoms with E-state index in [0.29, 0.717) is 18.8 Å². The van der Waals surface area contributed by atoms with E-state index in [0.717, 1.165) is 0 Å². The Hall–Kier alpha value is -1.69. The Morgan fingerprint density at radius 3 is 2.35 bits per heavy atom. The highest BCUT2D eigenvalue weighted by Gasteiger charge is 2.37. The zero-order chi connectivity index (χ0) is 13.5. The summed E-state index contributed by atoms with van der Waals surface area (Å²) in [5.74, 6) is -1.38. The summed E-state index contributed by atoms with van der Waals surface area (Å²) >= 11 is 0. The number of hydrogen-bond acceptors (Lipinski definition) is 4. The summed E-state index contributed by atoms with van der Waals surface area (Å²) in [4.78, 5) is 25.9. The van der Waals surface area contributed by atoms with E-state index in [2.05, 4.69) is 4.99 Å². The average molecular weight is 241 g/mol. The molecule has 0 aliphatic carbocycles. The Morgan fingerprint density at radius 1 is 1.35 bits per heavy atom. The van der Waals surface area contributed by atoms with E-state index >= 15 is 0 Å². The lowest BCUT2D eigenvalue weighted by atomic mass is 9.92. The normalized spacial score (nSPS) is 15.8. The van der Waals surface area contributed by atoms with Gasteiger partial charge in [-0.1, -0.05) is 12.2 Å². The number of carbonyl (C=O) groups is 2. The largest absolute Gasteiger partial charge is 0.480 e. The quantitative estimate of drug-likeness (QED) is 0.191. The van der Waals surface area contributed by atoms with Crippen LogP contribution in [0.5, 0.6) is 0 Å². The first-order valence-electron chi connectivity index (χ1n) is 5.25. The van der Waals surface area contributed by atoms with Gasteiger partial charge in [-0.2, -0.15) is 0 Å². The topological polar surface area (TPSA) is 119 Å². The SMILES string of the molecule is CC(=O)C(N)(C/C=C\CCN=C(C)N)C(=O)O. The predicted octanol–water partition coefficient (Wildman–Crippen LogP) is 0.0710. The first-order valence-corrected chi connectivity index (χ1v) is 5.25. The predicted molar refractivity (Wildman–Crippen MR) is 65.8 cm³/mol. The van der Waals surface area contributed by atoms with Crippen molar-refractivity contribution in [2.24, 2.45) is 16.5 Å². The number of carboxylic acids is 1. The Kier molecular flexibility index (Phi) is 6.12. The van der Waals surface area contributed by atoms with Crippen molar-refractivity contribution in [1.29, 1.82) is 0 Å². The number of Topliss-reactive ketones (excluding diaryl/α,β-unsaturated/α-hetero) is 1. The molecule has 1 atom stereocenters. The van der Waals surface area contributed by atoms with Gasteiger partial charge in [-0.05, 0) is 20.3 Å². The molecular weight excluding hydrogens is 222 g/mol. The molecule has 0 aliphatic heterocycles. The third-order valence-corrected chi connectivity index (χ3v) is 2.27. The minimum Gasteiger partial charge on any atom is -0.480 e. The number of carbonyl (C=O) groups excluding carboxylic acids is 1. The number of hydrogen-bond donors (Lipinski definition) is 3. The van der Waals surface area contributed by atoms with Gasteiger partial charge < -0.3 is 16.6 Å². The van der Waals surface area contributed by atoms with Gasteiger partial charge in [0.2, 0.25) is 0 Å². The third kappa shape index (κ3) is 5.26. The highest BCUT2D eigenvalue weighted by atomic mass is 16.4. The molecule has 1 unspecified atom stereocenters. The summed E-state index contributed by atoms with van der Waals surface area (Å²) in [7, 11) is 0. The van der Waals surface area contributed by atoms with Gasteiger partial charge in [0, 0.05) is 13.0 Å². The van der Waals surface area contributed by atoms with Gasteiger partial charge in [-0.3, -0.25) is 9.79 Å². The number of rotatable bonds is 7. The average Bonchev–Trinajstić information content (AvgIpc) is 2.21. The molecule has 0 saturated heterocycles. The molecular formula is C11H19N3O3. The van der Waals surface area contributed by atoms with Crippen LogP contribution in [0.1, 0.15) is 26.7 Å². The second-order valence-corrected chi connectivity index (χ2v) is 3.82. The number of ketones is 1. The zero-order valence-corrected chi connectivity index (χ0v) is 10.1. The van der Waals surface area contributed by atoms with Gasteiger partial charge in [0.05, 0.1) is 5.84 Å². The van der Waals surface area contributed by atoms with Crippen LogP contribution in [0.25, 0.3) is 0 Å². The Balaban J connectivity index is 4.25. The molecule has 0 aliphatic rings. The molecule has 0 fully saturated rings. The first kappa shape index (κ1) is 15.3. The maximum atomic E-state index is 11.1. The van der Waals surface area contributed by atoms with Crippen molar-refractivity contribution in [3.8, 4) is 0 Å². The van der Waals surface area contributed by atoms with E-state index in [9.17, 15) is 9.59 Å². The fourth-order valence-electron chi connectivity index (χ4n) is 1.08. The van der Waals surface area contributed by atoms with Gasteiger partial charge in [-0.25, -0.2) is 4.79 Å². The van der Waals surface area contributed by atoms with Crippen LogP contribution < -0.4 is 11.5 Å². The van der Waals surface area contributed by atoms with Crippen molar-refractivity contribution >= 4 is 17.6 Å². The van der Waals surface area contributed by atoms with Crippen molar-refractivity contribution in [3.63, 3.8) is 0 Å². The summed E-state index contributed by atoms with van der Waals surface area (Å²) in [5.41, 5.74) is 9.01. The van der Waals surface area contributed by atoms with Crippen LogP contribution in [-0.4, -0.2) is 34.8 Å². The van der Waals surface area contributed by atoms with Crippen molar-refractivity contribution in [2.45, 2.75) is 32.2 Å². The van der Waals surface area contributed by atoms with Crippen LogP contribution in [0.4, 0.5) is 0 Å². The van der Waals surface area contributed by atoms with E-state index in [1.165, 1.54) is 6.92 Å². The van der Waals surface area contributed by atoms with Gasteiger partial charge in [0.1, 0.15) is 0 Å². The molecule has 0 amide bonds.